The molecular formula is C34H31N9O2S2. The molecule has 6 rings (SSSR count). The van der Waals surface area contributed by atoms with Crippen LogP contribution in [-0.4, -0.2) is 29.6 Å². The van der Waals surface area contributed by atoms with E-state index in [0.29, 0.717) is 23.1 Å². The third-order valence-corrected chi connectivity index (χ3v) is 9.70. The van der Waals surface area contributed by atoms with Gasteiger partial charge in [0.25, 0.3) is 5.16 Å². The van der Waals surface area contributed by atoms with Gasteiger partial charge in [-0.15, -0.1) is 25.6 Å². The highest BCUT2D eigenvalue weighted by Crippen LogP contribution is 2.37. The van der Waals surface area contributed by atoms with E-state index >= 15 is 0 Å². The predicted molar refractivity (Wildman–Crippen MR) is 188 cm³/mol. The van der Waals surface area contributed by atoms with Gasteiger partial charge in [-0.2, -0.15) is 14.5 Å². The smallest absolute Gasteiger partial charge is 0.260 e. The van der Waals surface area contributed by atoms with Gasteiger partial charge in [0.2, 0.25) is 15.0 Å². The summed E-state index contributed by atoms with van der Waals surface area (Å²) < 4.78 is 27.7. The van der Waals surface area contributed by atoms with Crippen molar-refractivity contribution in [1.82, 2.24) is 9.36 Å². The highest BCUT2D eigenvalue weighted by Gasteiger charge is 2.18. The van der Waals surface area contributed by atoms with Crippen molar-refractivity contribution in [3.8, 4) is 0 Å². The molecule has 236 valence electrons. The van der Waals surface area contributed by atoms with Crippen LogP contribution in [0.5, 0.6) is 0 Å². The molecule has 0 fully saturated rings. The van der Waals surface area contributed by atoms with Gasteiger partial charge in [-0.1, -0.05) is 62.4 Å². The second kappa shape index (κ2) is 14.0. The number of sulfone groups is 1. The third kappa shape index (κ3) is 7.26. The summed E-state index contributed by atoms with van der Waals surface area (Å²) in [5.74, 6) is -0.0783. The first-order valence-corrected chi connectivity index (χ1v) is 17.5. The maximum absolute atomic E-state index is 11.9. The summed E-state index contributed by atoms with van der Waals surface area (Å²) in [5, 5.41) is 33.9. The number of aromatic nitrogens is 2. The molecule has 1 aromatic heterocycles. The number of azo groups is 3. The van der Waals surface area contributed by atoms with Gasteiger partial charge in [-0.3, -0.25) is 0 Å². The van der Waals surface area contributed by atoms with Crippen LogP contribution in [0.25, 0.3) is 21.5 Å². The van der Waals surface area contributed by atoms with E-state index in [1.807, 2.05) is 54.6 Å². The summed E-state index contributed by atoms with van der Waals surface area (Å²) in [6.45, 7) is 5.88. The van der Waals surface area contributed by atoms with Crippen LogP contribution < -0.4 is 5.32 Å². The first-order valence-electron chi connectivity index (χ1n) is 15.1. The number of anilines is 1. The van der Waals surface area contributed by atoms with Crippen molar-refractivity contribution < 1.29 is 8.42 Å². The van der Waals surface area contributed by atoms with E-state index in [2.05, 4.69) is 77.4 Å². The van der Waals surface area contributed by atoms with Crippen molar-refractivity contribution >= 4 is 82.2 Å². The van der Waals surface area contributed by atoms with Crippen LogP contribution in [0.3, 0.4) is 0 Å². The molecule has 47 heavy (non-hydrogen) atoms. The number of nitrogens with zero attached hydrogens (tertiary/aromatic N) is 8. The average Bonchev–Trinajstić information content (AvgIpc) is 3.60. The van der Waals surface area contributed by atoms with Crippen LogP contribution in [0.1, 0.15) is 27.2 Å². The van der Waals surface area contributed by atoms with E-state index in [4.69, 9.17) is 0 Å². The van der Waals surface area contributed by atoms with E-state index in [1.165, 1.54) is 6.92 Å². The van der Waals surface area contributed by atoms with Gasteiger partial charge in [0, 0.05) is 44.8 Å². The van der Waals surface area contributed by atoms with Gasteiger partial charge >= 0.3 is 0 Å². The summed E-state index contributed by atoms with van der Waals surface area (Å²) >= 11 is 0.877. The van der Waals surface area contributed by atoms with Crippen LogP contribution in [0, 0.1) is 0 Å². The summed E-state index contributed by atoms with van der Waals surface area (Å²) in [7, 11) is -3.49. The largest absolute Gasteiger partial charge is 0.382 e. The number of hydrogen-bond acceptors (Lipinski definition) is 12. The van der Waals surface area contributed by atoms with E-state index in [0.717, 1.165) is 56.6 Å². The van der Waals surface area contributed by atoms with Crippen molar-refractivity contribution in [2.45, 2.75) is 38.4 Å². The Hall–Kier alpha value is -5.27. The second-order valence-electron chi connectivity index (χ2n) is 10.7. The topological polar surface area (TPSA) is 146 Å². The second-order valence-corrected chi connectivity index (χ2v) is 13.6. The lowest BCUT2D eigenvalue weighted by Gasteiger charge is -2.15. The molecule has 11 nitrogen and oxygen atoms in total. The normalized spacial score (nSPS) is 13.0. The van der Waals surface area contributed by atoms with Gasteiger partial charge < -0.3 is 5.32 Å². The maximum atomic E-state index is 11.9. The molecule has 1 unspecified atom stereocenters. The Balaban J connectivity index is 1.20. The Labute approximate surface area is 276 Å². The zero-order valence-corrected chi connectivity index (χ0v) is 27.6. The lowest BCUT2D eigenvalue weighted by atomic mass is 10.1. The molecule has 1 atom stereocenters. The molecule has 13 heteroatoms. The monoisotopic (exact) mass is 661 g/mol. The number of rotatable bonds is 11. The number of fused-ring (bicyclic) bond motifs is 2. The molecule has 0 spiro atoms. The SMILES string of the molecule is CCC(C)Nc1ccc(/N=N/c2ccc(/N=N/c3ccc(/N=N/c4nc(S(=O)(=O)CC)ns4)cc3)c3ccccc23)c2ccccc12. The molecule has 0 saturated heterocycles. The van der Waals surface area contributed by atoms with Crippen molar-refractivity contribution in [1.29, 1.82) is 0 Å². The minimum atomic E-state index is -3.49. The molecule has 0 aliphatic heterocycles. The quantitative estimate of drug-likeness (QED) is 0.137. The Morgan fingerprint density at radius 2 is 1.15 bits per heavy atom. The molecule has 0 aliphatic rings. The number of hydrogen-bond donors (Lipinski definition) is 1. The van der Waals surface area contributed by atoms with Crippen molar-refractivity contribution in [2.24, 2.45) is 30.7 Å². The van der Waals surface area contributed by atoms with E-state index < -0.39 is 9.84 Å². The average molecular weight is 662 g/mol. The minimum Gasteiger partial charge on any atom is -0.382 e. The summed E-state index contributed by atoms with van der Waals surface area (Å²) in [5.41, 5.74) is 4.49. The standard InChI is InChI=1S/C34H31N9O2S2/c1-4-22(3)35-29-18-19-31(26-11-7-6-10-25(26)29)40-41-32-21-20-30(27-12-8-9-13-28(27)32)39-37-23-14-16-24(17-15-23)38-42-33-36-34(43-46-33)47(44,45)5-2/h6-22,35H,4-5H2,1-3H3/b39-37+,41-40+,42-38+. The van der Waals surface area contributed by atoms with E-state index in [-0.39, 0.29) is 16.0 Å². The summed E-state index contributed by atoms with van der Waals surface area (Å²) in [6.07, 6.45) is 1.03. The lowest BCUT2D eigenvalue weighted by molar-refractivity contribution is 0.590. The minimum absolute atomic E-state index is 0.0783. The molecule has 5 aromatic carbocycles. The van der Waals surface area contributed by atoms with Crippen molar-refractivity contribution in [3.05, 3.63) is 97.1 Å². The highest BCUT2D eigenvalue weighted by atomic mass is 32.2. The number of benzene rings is 5. The molecule has 0 amide bonds. The predicted octanol–water partition coefficient (Wildman–Crippen LogP) is 11.1. The first kappa shape index (κ1) is 31.7. The van der Waals surface area contributed by atoms with Gasteiger partial charge in [-0.05, 0) is 61.9 Å². The fraction of sp³-hybridized carbons (Fsp3) is 0.176. The zero-order valence-electron chi connectivity index (χ0n) is 25.9. The molecule has 0 saturated carbocycles. The molecule has 6 aromatic rings. The molecular weight excluding hydrogens is 631 g/mol. The fourth-order valence-corrected chi connectivity index (χ4v) is 6.22. The lowest BCUT2D eigenvalue weighted by Crippen LogP contribution is -2.13. The van der Waals surface area contributed by atoms with Crippen LogP contribution in [0.15, 0.2) is 133 Å². The van der Waals surface area contributed by atoms with Gasteiger partial charge in [0.15, 0.2) is 0 Å². The van der Waals surface area contributed by atoms with Crippen LogP contribution in [0.4, 0.5) is 39.3 Å². The summed E-state index contributed by atoms with van der Waals surface area (Å²) in [6, 6.07) is 31.3. The van der Waals surface area contributed by atoms with Crippen molar-refractivity contribution in [2.75, 3.05) is 11.1 Å². The molecule has 0 aliphatic carbocycles. The Morgan fingerprint density at radius 1 is 0.660 bits per heavy atom. The van der Waals surface area contributed by atoms with Crippen molar-refractivity contribution in [3.63, 3.8) is 0 Å². The van der Waals surface area contributed by atoms with Gasteiger partial charge in [0.05, 0.1) is 34.2 Å². The molecule has 1 heterocycles. The molecule has 0 radical (unpaired) electrons. The maximum Gasteiger partial charge on any atom is 0.260 e. The molecule has 0 bridgehead atoms. The van der Waals surface area contributed by atoms with E-state index in [9.17, 15) is 8.42 Å². The zero-order chi connectivity index (χ0) is 32.8. The molecule has 1 N–H and O–H groups in total. The highest BCUT2D eigenvalue weighted by molar-refractivity contribution is 7.91. The van der Waals surface area contributed by atoms with E-state index in [1.54, 1.807) is 24.3 Å². The summed E-state index contributed by atoms with van der Waals surface area (Å²) in [4.78, 5) is 3.94. The van der Waals surface area contributed by atoms with Crippen LogP contribution >= 0.6 is 11.5 Å². The Morgan fingerprint density at radius 3 is 1.70 bits per heavy atom. The number of nitrogens with one attached hydrogen (secondary N) is 1. The Kier molecular flexibility index (Phi) is 9.45. The van der Waals surface area contributed by atoms with Gasteiger partial charge in [-0.25, -0.2) is 8.42 Å². The fourth-order valence-electron chi connectivity index (χ4n) is 4.71. The van der Waals surface area contributed by atoms with Crippen LogP contribution in [-0.2, 0) is 9.84 Å². The van der Waals surface area contributed by atoms with Gasteiger partial charge in [0.1, 0.15) is 0 Å². The Bertz CT molecular complexity index is 2250. The first-order chi connectivity index (χ1) is 22.8. The van der Waals surface area contributed by atoms with Crippen LogP contribution in [0.2, 0.25) is 0 Å². The third-order valence-electron chi connectivity index (χ3n) is 7.49.